The second-order valence-electron chi connectivity index (χ2n) is 12.8. The van der Waals surface area contributed by atoms with E-state index in [1.54, 1.807) is 18.9 Å². The zero-order chi connectivity index (χ0) is 32.6. The molecule has 3 aromatic carbocycles. The van der Waals surface area contributed by atoms with Gasteiger partial charge >= 0.3 is 0 Å². The predicted octanol–water partition coefficient (Wildman–Crippen LogP) is 8.52. The molecule has 0 atom stereocenters. The van der Waals surface area contributed by atoms with Gasteiger partial charge in [0.15, 0.2) is 0 Å². The van der Waals surface area contributed by atoms with Gasteiger partial charge < -0.3 is 19.5 Å². The van der Waals surface area contributed by atoms with E-state index in [-0.39, 0.29) is 16.7 Å². The molecule has 7 heteroatoms. The maximum atomic E-state index is 13.5. The molecule has 0 aliphatic heterocycles. The van der Waals surface area contributed by atoms with Gasteiger partial charge in [0, 0.05) is 17.7 Å². The van der Waals surface area contributed by atoms with E-state index in [4.69, 9.17) is 19.3 Å². The van der Waals surface area contributed by atoms with Crippen molar-refractivity contribution in [1.29, 1.82) is 0 Å². The first-order valence-corrected chi connectivity index (χ1v) is 16.0. The van der Waals surface area contributed by atoms with Crippen molar-refractivity contribution in [1.82, 2.24) is 15.1 Å². The van der Waals surface area contributed by atoms with Crippen molar-refractivity contribution < 1.29 is 19.0 Å². The van der Waals surface area contributed by atoms with Crippen LogP contribution in [0, 0.1) is 0 Å². The van der Waals surface area contributed by atoms with Crippen molar-refractivity contribution in [3.05, 3.63) is 89.6 Å². The Morgan fingerprint density at radius 1 is 0.822 bits per heavy atom. The fourth-order valence-electron chi connectivity index (χ4n) is 5.09. The van der Waals surface area contributed by atoms with Crippen molar-refractivity contribution in [2.45, 2.75) is 78.1 Å². The minimum Gasteiger partial charge on any atom is -0.497 e. The second kappa shape index (κ2) is 14.7. The molecule has 0 fully saturated rings. The monoisotopic (exact) mass is 611 g/mol. The summed E-state index contributed by atoms with van der Waals surface area (Å²) in [5.74, 6) is 2.23. The summed E-state index contributed by atoms with van der Waals surface area (Å²) in [6, 6.07) is 23.7. The number of benzene rings is 3. The first kappa shape index (κ1) is 33.6. The average Bonchev–Trinajstić information content (AvgIpc) is 3.52. The number of hydrogen-bond acceptors (Lipinski definition) is 5. The number of carbonyl (C=O) groups excluding carboxylic acids is 1. The van der Waals surface area contributed by atoms with Crippen molar-refractivity contribution in [3.63, 3.8) is 0 Å². The van der Waals surface area contributed by atoms with Crippen molar-refractivity contribution in [2.75, 3.05) is 27.4 Å². The zero-order valence-electron chi connectivity index (χ0n) is 28.2. The number of rotatable bonds is 15. The molecule has 4 rings (SSSR count). The van der Waals surface area contributed by atoms with Crippen LogP contribution in [0.3, 0.4) is 0 Å². The number of aromatic nitrogens is 2. The molecular weight excluding hydrogens is 562 g/mol. The van der Waals surface area contributed by atoms with E-state index in [0.717, 1.165) is 54.2 Å². The molecule has 7 nitrogen and oxygen atoms in total. The summed E-state index contributed by atoms with van der Waals surface area (Å²) < 4.78 is 18.7. The molecule has 0 spiro atoms. The van der Waals surface area contributed by atoms with E-state index >= 15 is 0 Å². The summed E-state index contributed by atoms with van der Waals surface area (Å²) >= 11 is 0. The van der Waals surface area contributed by atoms with Gasteiger partial charge in [-0.05, 0) is 90.6 Å². The molecular formula is C38H49N3O4. The van der Waals surface area contributed by atoms with Crippen LogP contribution in [0.25, 0.3) is 16.9 Å². The Morgan fingerprint density at radius 3 is 2.20 bits per heavy atom. The highest BCUT2D eigenvalue weighted by atomic mass is 16.5. The maximum Gasteiger partial charge on any atom is 0.270 e. The average molecular weight is 612 g/mol. The molecule has 1 heterocycles. The lowest BCUT2D eigenvalue weighted by molar-refractivity contribution is 0.0944. The Balaban J connectivity index is 1.42. The van der Waals surface area contributed by atoms with E-state index in [1.165, 1.54) is 11.1 Å². The Kier molecular flexibility index (Phi) is 11.0. The summed E-state index contributed by atoms with van der Waals surface area (Å²) in [6.07, 6.45) is 3.71. The highest BCUT2D eigenvalue weighted by Crippen LogP contribution is 2.38. The minimum absolute atomic E-state index is 0.0136. The summed E-state index contributed by atoms with van der Waals surface area (Å²) in [6.45, 7) is 14.7. The molecule has 1 amide bonds. The van der Waals surface area contributed by atoms with Crippen LogP contribution in [0.5, 0.6) is 17.2 Å². The largest absolute Gasteiger partial charge is 0.497 e. The van der Waals surface area contributed by atoms with Crippen LogP contribution in [-0.4, -0.2) is 43.1 Å². The standard InChI is InChI=1S/C38H49N3O4/c1-9-37(3,4)28-16-21-35(32(25-28)38(5,6)10-2)45-23-12-11-22-39-36(42)34-26-33(27-14-13-15-31(24-27)44-8)40-41(34)29-17-19-30(43-7)20-18-29/h13-21,24-26H,9-12,22-23H2,1-8H3,(H,39,42). The van der Waals surface area contributed by atoms with Crippen LogP contribution in [0.1, 0.15) is 88.8 Å². The number of carbonyl (C=O) groups is 1. The van der Waals surface area contributed by atoms with Gasteiger partial charge in [-0.25, -0.2) is 4.68 Å². The lowest BCUT2D eigenvalue weighted by Gasteiger charge is -2.30. The van der Waals surface area contributed by atoms with Crippen LogP contribution in [-0.2, 0) is 10.8 Å². The van der Waals surface area contributed by atoms with E-state index in [2.05, 4.69) is 65.1 Å². The van der Waals surface area contributed by atoms with Crippen molar-refractivity contribution >= 4 is 5.91 Å². The van der Waals surface area contributed by atoms with Gasteiger partial charge in [0.05, 0.1) is 32.2 Å². The molecule has 0 bridgehead atoms. The van der Waals surface area contributed by atoms with Crippen molar-refractivity contribution in [3.8, 4) is 34.2 Å². The molecule has 0 radical (unpaired) electrons. The summed E-state index contributed by atoms with van der Waals surface area (Å²) in [5.41, 5.74) is 5.51. The third kappa shape index (κ3) is 8.07. The quantitative estimate of drug-likeness (QED) is 0.136. The van der Waals surface area contributed by atoms with Gasteiger partial charge in [0.1, 0.15) is 22.9 Å². The normalized spacial score (nSPS) is 11.7. The summed E-state index contributed by atoms with van der Waals surface area (Å²) in [4.78, 5) is 13.5. The van der Waals surface area contributed by atoms with Gasteiger partial charge in [-0.1, -0.05) is 65.8 Å². The number of nitrogens with zero attached hydrogens (tertiary/aromatic N) is 2. The van der Waals surface area contributed by atoms with Crippen LogP contribution < -0.4 is 19.5 Å². The number of nitrogens with one attached hydrogen (secondary N) is 1. The molecule has 45 heavy (non-hydrogen) atoms. The number of amides is 1. The third-order valence-electron chi connectivity index (χ3n) is 9.00. The number of ether oxygens (including phenoxy) is 3. The predicted molar refractivity (Wildman–Crippen MR) is 182 cm³/mol. The number of unbranched alkanes of at least 4 members (excludes halogenated alkanes) is 1. The molecule has 240 valence electrons. The van der Waals surface area contributed by atoms with Gasteiger partial charge in [-0.2, -0.15) is 5.10 Å². The minimum atomic E-state index is -0.186. The highest BCUT2D eigenvalue weighted by molar-refractivity contribution is 5.94. The maximum absolute atomic E-state index is 13.5. The molecule has 1 N–H and O–H groups in total. The molecule has 0 saturated carbocycles. The van der Waals surface area contributed by atoms with E-state index in [9.17, 15) is 4.79 Å². The van der Waals surface area contributed by atoms with Gasteiger partial charge in [-0.15, -0.1) is 0 Å². The summed E-state index contributed by atoms with van der Waals surface area (Å²) in [5, 5.41) is 7.88. The van der Waals surface area contributed by atoms with Gasteiger partial charge in [0.25, 0.3) is 5.91 Å². The van der Waals surface area contributed by atoms with Gasteiger partial charge in [0.2, 0.25) is 0 Å². The lowest BCUT2D eigenvalue weighted by atomic mass is 9.76. The molecule has 0 saturated heterocycles. The molecule has 0 aliphatic carbocycles. The second-order valence-corrected chi connectivity index (χ2v) is 12.8. The highest BCUT2D eigenvalue weighted by Gasteiger charge is 2.26. The molecule has 1 aromatic heterocycles. The third-order valence-corrected chi connectivity index (χ3v) is 9.00. The van der Waals surface area contributed by atoms with E-state index < -0.39 is 0 Å². The topological polar surface area (TPSA) is 74.6 Å². The Hall–Kier alpha value is -4.26. The SMILES string of the molecule is CCC(C)(C)c1ccc(OCCCCNC(=O)c2cc(-c3cccc(OC)c3)nn2-c2ccc(OC)cc2)c(C(C)(C)CC)c1. The van der Waals surface area contributed by atoms with Crippen LogP contribution in [0.15, 0.2) is 72.8 Å². The van der Waals surface area contributed by atoms with Crippen LogP contribution >= 0.6 is 0 Å². The van der Waals surface area contributed by atoms with Crippen LogP contribution in [0.2, 0.25) is 0 Å². The number of methoxy groups -OCH3 is 2. The first-order chi connectivity index (χ1) is 21.5. The Morgan fingerprint density at radius 2 is 1.53 bits per heavy atom. The van der Waals surface area contributed by atoms with E-state index in [0.29, 0.717) is 24.5 Å². The number of hydrogen-bond donors (Lipinski definition) is 1. The molecule has 4 aromatic rings. The first-order valence-electron chi connectivity index (χ1n) is 16.0. The fourth-order valence-corrected chi connectivity index (χ4v) is 5.09. The fraction of sp³-hybridized carbons (Fsp3) is 0.421. The van der Waals surface area contributed by atoms with Crippen molar-refractivity contribution in [2.24, 2.45) is 0 Å². The molecule has 0 unspecified atom stereocenters. The smallest absolute Gasteiger partial charge is 0.270 e. The zero-order valence-corrected chi connectivity index (χ0v) is 28.2. The Bertz CT molecular complexity index is 1570. The summed E-state index contributed by atoms with van der Waals surface area (Å²) in [7, 11) is 3.26. The Labute approximate surface area is 268 Å². The molecule has 0 aliphatic rings. The van der Waals surface area contributed by atoms with Gasteiger partial charge in [-0.3, -0.25) is 4.79 Å². The lowest BCUT2D eigenvalue weighted by Crippen LogP contribution is -2.27. The van der Waals surface area contributed by atoms with E-state index in [1.807, 2.05) is 54.6 Å². The van der Waals surface area contributed by atoms with Crippen LogP contribution in [0.4, 0.5) is 0 Å².